The molecule has 0 aromatic carbocycles. The molecule has 0 saturated carbocycles. The summed E-state index contributed by atoms with van der Waals surface area (Å²) in [5.41, 5.74) is 2.03. The fourth-order valence-corrected chi connectivity index (χ4v) is 0.872. The van der Waals surface area contributed by atoms with E-state index in [2.05, 4.69) is 22.0 Å². The number of hydrogen-bond donors (Lipinski definition) is 1. The smallest absolute Gasteiger partial charge is 0.174 e. The molecule has 0 unspecified atom stereocenters. The summed E-state index contributed by atoms with van der Waals surface area (Å²) in [6, 6.07) is 1.98. The van der Waals surface area contributed by atoms with Gasteiger partial charge in [0.25, 0.3) is 0 Å². The Balaban J connectivity index is 3.16. The molecule has 11 heavy (non-hydrogen) atoms. The van der Waals surface area contributed by atoms with Crippen molar-refractivity contribution in [2.24, 2.45) is 4.99 Å². The van der Waals surface area contributed by atoms with Gasteiger partial charge in [0, 0.05) is 13.2 Å². The van der Waals surface area contributed by atoms with Crippen molar-refractivity contribution in [2.45, 2.75) is 6.92 Å². The lowest BCUT2D eigenvalue weighted by atomic mass is 10.3. The number of aromatic nitrogens is 1. The molecule has 1 aromatic heterocycles. The minimum Gasteiger partial charge on any atom is -0.385 e. The van der Waals surface area contributed by atoms with Crippen LogP contribution in [0.3, 0.4) is 0 Å². The van der Waals surface area contributed by atoms with Crippen LogP contribution >= 0.6 is 0 Å². The highest BCUT2D eigenvalue weighted by Gasteiger charge is 1.98. The second kappa shape index (κ2) is 3.14. The van der Waals surface area contributed by atoms with Crippen LogP contribution in [-0.4, -0.2) is 18.7 Å². The van der Waals surface area contributed by atoms with Gasteiger partial charge in [-0.05, 0) is 25.3 Å². The SMILES string of the molecule is C=Nc1ncc(C)cc1NC. The van der Waals surface area contributed by atoms with Crippen LogP contribution in [-0.2, 0) is 0 Å². The molecule has 58 valence electrons. The van der Waals surface area contributed by atoms with E-state index >= 15 is 0 Å². The van der Waals surface area contributed by atoms with Gasteiger partial charge in [-0.2, -0.15) is 0 Å². The molecule has 3 nitrogen and oxygen atoms in total. The van der Waals surface area contributed by atoms with Gasteiger partial charge in [0.1, 0.15) is 0 Å². The number of aliphatic imine (C=N–C) groups is 1. The van der Waals surface area contributed by atoms with Crippen molar-refractivity contribution >= 4 is 18.2 Å². The van der Waals surface area contributed by atoms with Gasteiger partial charge in [0.15, 0.2) is 5.82 Å². The second-order valence-electron chi connectivity index (χ2n) is 2.29. The number of nitrogens with one attached hydrogen (secondary N) is 1. The monoisotopic (exact) mass is 149 g/mol. The van der Waals surface area contributed by atoms with E-state index < -0.39 is 0 Å². The van der Waals surface area contributed by atoms with Gasteiger partial charge in [0.05, 0.1) is 5.69 Å². The van der Waals surface area contributed by atoms with Crippen molar-refractivity contribution in [3.63, 3.8) is 0 Å². The molecule has 1 aromatic rings. The fraction of sp³-hybridized carbons (Fsp3) is 0.250. The summed E-state index contributed by atoms with van der Waals surface area (Å²) in [7, 11) is 1.84. The maximum absolute atomic E-state index is 4.08. The van der Waals surface area contributed by atoms with Gasteiger partial charge in [-0.3, -0.25) is 0 Å². The second-order valence-corrected chi connectivity index (χ2v) is 2.29. The van der Waals surface area contributed by atoms with Gasteiger partial charge in [-0.1, -0.05) is 0 Å². The van der Waals surface area contributed by atoms with Crippen LogP contribution in [0.5, 0.6) is 0 Å². The Hall–Kier alpha value is -1.38. The number of pyridine rings is 1. The molecule has 3 heteroatoms. The van der Waals surface area contributed by atoms with Crippen LogP contribution in [0.15, 0.2) is 17.3 Å². The first-order valence-corrected chi connectivity index (χ1v) is 3.39. The van der Waals surface area contributed by atoms with Crippen molar-refractivity contribution in [3.05, 3.63) is 17.8 Å². The minimum atomic E-state index is 0.651. The Morgan fingerprint density at radius 2 is 2.36 bits per heavy atom. The maximum Gasteiger partial charge on any atom is 0.174 e. The van der Waals surface area contributed by atoms with Crippen LogP contribution in [0, 0.1) is 6.92 Å². The van der Waals surface area contributed by atoms with E-state index in [9.17, 15) is 0 Å². The van der Waals surface area contributed by atoms with Crippen LogP contribution in [0.2, 0.25) is 0 Å². The lowest BCUT2D eigenvalue weighted by molar-refractivity contribution is 1.23. The van der Waals surface area contributed by atoms with Crippen molar-refractivity contribution < 1.29 is 0 Å². The molecule has 0 spiro atoms. The fourth-order valence-electron chi connectivity index (χ4n) is 0.872. The molecule has 0 aliphatic carbocycles. The summed E-state index contributed by atoms with van der Waals surface area (Å²) in [6.07, 6.45) is 1.77. The van der Waals surface area contributed by atoms with Gasteiger partial charge in [0.2, 0.25) is 0 Å². The van der Waals surface area contributed by atoms with E-state index in [1.165, 1.54) is 0 Å². The lowest BCUT2D eigenvalue weighted by Gasteiger charge is -2.03. The highest BCUT2D eigenvalue weighted by molar-refractivity contribution is 5.63. The molecule has 0 aliphatic heterocycles. The largest absolute Gasteiger partial charge is 0.385 e. The summed E-state index contributed by atoms with van der Waals surface area (Å²) in [4.78, 5) is 7.83. The highest BCUT2D eigenvalue weighted by Crippen LogP contribution is 2.20. The first kappa shape index (κ1) is 7.72. The summed E-state index contributed by atoms with van der Waals surface area (Å²) < 4.78 is 0. The normalized spacial score (nSPS) is 9.27. The number of hydrogen-bond acceptors (Lipinski definition) is 3. The van der Waals surface area contributed by atoms with Gasteiger partial charge < -0.3 is 5.32 Å². The van der Waals surface area contributed by atoms with E-state index in [-0.39, 0.29) is 0 Å². The molecular weight excluding hydrogens is 138 g/mol. The van der Waals surface area contributed by atoms with Crippen LogP contribution in [0.4, 0.5) is 11.5 Å². The molecule has 1 rings (SSSR count). The zero-order valence-corrected chi connectivity index (χ0v) is 6.76. The molecule has 0 fully saturated rings. The minimum absolute atomic E-state index is 0.651. The predicted octanol–water partition coefficient (Wildman–Crippen LogP) is 1.76. The molecule has 0 radical (unpaired) electrons. The van der Waals surface area contributed by atoms with Crippen molar-refractivity contribution in [3.8, 4) is 0 Å². The van der Waals surface area contributed by atoms with Crippen molar-refractivity contribution in [2.75, 3.05) is 12.4 Å². The molecular formula is C8H11N3. The van der Waals surface area contributed by atoms with E-state index in [4.69, 9.17) is 0 Å². The topological polar surface area (TPSA) is 37.3 Å². The zero-order valence-electron chi connectivity index (χ0n) is 6.76. The van der Waals surface area contributed by atoms with Gasteiger partial charge in [-0.25, -0.2) is 9.98 Å². The van der Waals surface area contributed by atoms with Crippen molar-refractivity contribution in [1.29, 1.82) is 0 Å². The first-order valence-electron chi connectivity index (χ1n) is 3.39. The quantitative estimate of drug-likeness (QED) is 0.650. The third-order valence-corrected chi connectivity index (χ3v) is 1.42. The Labute approximate surface area is 66.2 Å². The molecule has 0 saturated heterocycles. The standard InChI is InChI=1S/C8H11N3/c1-6-4-7(9-2)8(10-3)11-5-6/h4-5,9H,3H2,1-2H3. The number of aryl methyl sites for hydroxylation is 1. The molecule has 1 heterocycles. The van der Waals surface area contributed by atoms with Crippen molar-refractivity contribution in [1.82, 2.24) is 4.98 Å². The Morgan fingerprint density at radius 1 is 1.64 bits per heavy atom. The Kier molecular flexibility index (Phi) is 2.21. The molecule has 1 N–H and O–H groups in total. The lowest BCUT2D eigenvalue weighted by Crippen LogP contribution is -1.90. The average molecular weight is 149 g/mol. The highest BCUT2D eigenvalue weighted by atomic mass is 15.0. The van der Waals surface area contributed by atoms with E-state index in [1.54, 1.807) is 6.20 Å². The number of rotatable bonds is 2. The van der Waals surface area contributed by atoms with E-state index in [0.717, 1.165) is 11.3 Å². The number of nitrogens with zero attached hydrogens (tertiary/aromatic N) is 2. The first-order chi connectivity index (χ1) is 5.27. The molecule has 0 aliphatic rings. The van der Waals surface area contributed by atoms with Crippen LogP contribution in [0.1, 0.15) is 5.56 Å². The molecule has 0 atom stereocenters. The third kappa shape index (κ3) is 1.55. The summed E-state index contributed by atoms with van der Waals surface area (Å²) >= 11 is 0. The summed E-state index contributed by atoms with van der Waals surface area (Å²) in [6.45, 7) is 5.40. The Bertz CT molecular complexity index is 268. The molecule has 0 bridgehead atoms. The van der Waals surface area contributed by atoms with Crippen LogP contribution < -0.4 is 5.32 Å². The average Bonchev–Trinajstić information content (AvgIpc) is 2.04. The van der Waals surface area contributed by atoms with Gasteiger partial charge in [-0.15, -0.1) is 0 Å². The summed E-state index contributed by atoms with van der Waals surface area (Å²) in [5.74, 6) is 0.651. The van der Waals surface area contributed by atoms with Crippen LogP contribution in [0.25, 0.3) is 0 Å². The maximum atomic E-state index is 4.08. The Morgan fingerprint density at radius 3 is 2.91 bits per heavy atom. The van der Waals surface area contributed by atoms with E-state index in [1.807, 2.05) is 20.0 Å². The molecule has 0 amide bonds. The van der Waals surface area contributed by atoms with Gasteiger partial charge >= 0.3 is 0 Å². The van der Waals surface area contributed by atoms with E-state index in [0.29, 0.717) is 5.82 Å². The third-order valence-electron chi connectivity index (χ3n) is 1.42. The number of anilines is 1. The summed E-state index contributed by atoms with van der Waals surface area (Å²) in [5, 5.41) is 2.99. The predicted molar refractivity (Wildman–Crippen MR) is 47.7 cm³/mol. The zero-order chi connectivity index (χ0) is 8.27.